The number of aromatic nitrogens is 1. The fourth-order valence-corrected chi connectivity index (χ4v) is 1.25. The Kier molecular flexibility index (Phi) is 3.88. The van der Waals surface area contributed by atoms with Crippen molar-refractivity contribution in [1.82, 2.24) is 4.98 Å². The predicted octanol–water partition coefficient (Wildman–Crippen LogP) is 3.46. The molecule has 3 nitrogen and oxygen atoms in total. The van der Waals surface area contributed by atoms with E-state index in [0.717, 1.165) is 12.3 Å². The topological polar surface area (TPSA) is 48.8 Å². The molecule has 0 saturated heterocycles. The summed E-state index contributed by atoms with van der Waals surface area (Å²) in [5, 5.41) is 9.99. The number of nitrogens with one attached hydrogen (secondary N) is 2. The molecular weight excluding hydrogens is 231 g/mol. The second kappa shape index (κ2) is 4.99. The number of rotatable bonds is 3. The zero-order valence-corrected chi connectivity index (χ0v) is 9.39. The monoisotopic (exact) mass is 243 g/mol. The quantitative estimate of drug-likeness (QED) is 0.799. The molecule has 0 spiro atoms. The van der Waals surface area contributed by atoms with Crippen LogP contribution in [0.4, 0.5) is 18.9 Å². The van der Waals surface area contributed by atoms with Crippen LogP contribution in [0.25, 0.3) is 0 Å². The van der Waals surface area contributed by atoms with Gasteiger partial charge in [0.2, 0.25) is 0 Å². The highest BCUT2D eigenvalue weighted by atomic mass is 19.4. The summed E-state index contributed by atoms with van der Waals surface area (Å²) in [5.74, 6) is 0. The molecule has 0 aromatic carbocycles. The maximum Gasteiger partial charge on any atom is 0.433 e. The van der Waals surface area contributed by atoms with Gasteiger partial charge in [-0.15, -0.1) is 0 Å². The van der Waals surface area contributed by atoms with Gasteiger partial charge >= 0.3 is 6.18 Å². The van der Waals surface area contributed by atoms with Crippen LogP contribution >= 0.6 is 0 Å². The maximum atomic E-state index is 12.4. The molecule has 0 fully saturated rings. The minimum absolute atomic E-state index is 0.294. The Morgan fingerprint density at radius 1 is 1.41 bits per heavy atom. The molecule has 1 rings (SSSR count). The van der Waals surface area contributed by atoms with Crippen LogP contribution in [0.2, 0.25) is 0 Å². The minimum Gasteiger partial charge on any atom is -0.359 e. The lowest BCUT2D eigenvalue weighted by Crippen LogP contribution is -2.08. The number of anilines is 1. The number of nitrogens with zero attached hydrogens (tertiary/aromatic N) is 1. The van der Waals surface area contributed by atoms with Gasteiger partial charge in [0.15, 0.2) is 0 Å². The zero-order chi connectivity index (χ0) is 13.1. The molecule has 0 atom stereocenters. The van der Waals surface area contributed by atoms with E-state index in [2.05, 4.69) is 10.3 Å². The summed E-state index contributed by atoms with van der Waals surface area (Å²) in [5.41, 5.74) is 0.265. The fourth-order valence-electron chi connectivity index (χ4n) is 1.25. The molecule has 1 heterocycles. The van der Waals surface area contributed by atoms with Crippen LogP contribution in [0.3, 0.4) is 0 Å². The van der Waals surface area contributed by atoms with Crippen molar-refractivity contribution in [1.29, 1.82) is 5.41 Å². The van der Waals surface area contributed by atoms with Crippen LogP contribution in [0, 0.1) is 5.41 Å². The lowest BCUT2D eigenvalue weighted by molar-refractivity contribution is -0.141. The van der Waals surface area contributed by atoms with E-state index >= 15 is 0 Å². The molecule has 0 saturated carbocycles. The number of hydrogen-bond donors (Lipinski definition) is 2. The van der Waals surface area contributed by atoms with Gasteiger partial charge in [-0.3, -0.25) is 4.98 Å². The van der Waals surface area contributed by atoms with Crippen molar-refractivity contribution in [3.05, 3.63) is 35.8 Å². The normalized spacial score (nSPS) is 12.4. The smallest absolute Gasteiger partial charge is 0.359 e. The molecule has 0 bridgehead atoms. The molecule has 0 amide bonds. The molecular formula is C11H12F3N3. The molecule has 2 N–H and O–H groups in total. The molecule has 0 aliphatic carbocycles. The first-order chi connectivity index (χ1) is 7.79. The van der Waals surface area contributed by atoms with Gasteiger partial charge in [-0.2, -0.15) is 13.2 Å². The summed E-state index contributed by atoms with van der Waals surface area (Å²) in [4.78, 5) is 3.25. The molecule has 1 aromatic rings. The molecule has 0 aliphatic heterocycles. The first-order valence-electron chi connectivity index (χ1n) is 4.83. The maximum absolute atomic E-state index is 12.4. The van der Waals surface area contributed by atoms with Gasteiger partial charge in [0.1, 0.15) is 5.69 Å². The van der Waals surface area contributed by atoms with E-state index in [1.54, 1.807) is 13.8 Å². The molecule has 0 aliphatic rings. The first-order valence-corrected chi connectivity index (χ1v) is 4.83. The number of pyridine rings is 1. The largest absolute Gasteiger partial charge is 0.433 e. The standard InChI is InChI=1S/C11H12F3N3/c1-7(15)5-8(2)17-9-3-4-16-10(6-9)11(12,13)14/h3-6,15H,1-2H3,(H,16,17)/b8-5-,15-7?. The van der Waals surface area contributed by atoms with E-state index in [1.165, 1.54) is 12.1 Å². The van der Waals surface area contributed by atoms with Crippen LogP contribution in [-0.2, 0) is 6.18 Å². The van der Waals surface area contributed by atoms with Crippen molar-refractivity contribution in [2.75, 3.05) is 5.32 Å². The van der Waals surface area contributed by atoms with Gasteiger partial charge in [0.05, 0.1) is 0 Å². The van der Waals surface area contributed by atoms with E-state index in [9.17, 15) is 13.2 Å². The third-order valence-electron chi connectivity index (χ3n) is 1.82. The van der Waals surface area contributed by atoms with Crippen molar-refractivity contribution in [3.8, 4) is 0 Å². The SMILES string of the molecule is CC(=N)/C=C(/C)Nc1ccnc(C(F)(F)F)c1. The van der Waals surface area contributed by atoms with Crippen molar-refractivity contribution in [2.24, 2.45) is 0 Å². The van der Waals surface area contributed by atoms with Gasteiger partial charge in [-0.25, -0.2) is 0 Å². The molecule has 0 unspecified atom stereocenters. The number of hydrogen-bond acceptors (Lipinski definition) is 3. The lowest BCUT2D eigenvalue weighted by atomic mass is 10.3. The van der Waals surface area contributed by atoms with Gasteiger partial charge in [-0.1, -0.05) is 0 Å². The average Bonchev–Trinajstić information content (AvgIpc) is 2.15. The summed E-state index contributed by atoms with van der Waals surface area (Å²) in [6, 6.07) is 2.36. The number of halogens is 3. The predicted molar refractivity (Wildman–Crippen MR) is 60.0 cm³/mol. The summed E-state index contributed by atoms with van der Waals surface area (Å²) < 4.78 is 37.1. The third kappa shape index (κ3) is 4.26. The Morgan fingerprint density at radius 3 is 2.59 bits per heavy atom. The Balaban J connectivity index is 2.90. The van der Waals surface area contributed by atoms with Crippen LogP contribution in [0.1, 0.15) is 19.5 Å². The Labute approximate surface area is 96.9 Å². The van der Waals surface area contributed by atoms with Crippen LogP contribution in [0.15, 0.2) is 30.1 Å². The molecule has 92 valence electrons. The van der Waals surface area contributed by atoms with Gasteiger partial charge in [-0.05, 0) is 32.1 Å². The fraction of sp³-hybridized carbons (Fsp3) is 0.273. The lowest BCUT2D eigenvalue weighted by Gasteiger charge is -2.09. The van der Waals surface area contributed by atoms with Crippen LogP contribution < -0.4 is 5.32 Å². The second-order valence-corrected chi connectivity index (χ2v) is 3.56. The van der Waals surface area contributed by atoms with Crippen molar-refractivity contribution in [2.45, 2.75) is 20.0 Å². The summed E-state index contributed by atoms with van der Waals surface area (Å²) >= 11 is 0. The van der Waals surface area contributed by atoms with Crippen molar-refractivity contribution in [3.63, 3.8) is 0 Å². The molecule has 6 heteroatoms. The van der Waals surface area contributed by atoms with Crippen molar-refractivity contribution >= 4 is 11.4 Å². The Hall–Kier alpha value is -1.85. The van der Waals surface area contributed by atoms with E-state index < -0.39 is 11.9 Å². The van der Waals surface area contributed by atoms with Crippen molar-refractivity contribution < 1.29 is 13.2 Å². The highest BCUT2D eigenvalue weighted by Crippen LogP contribution is 2.28. The molecule has 17 heavy (non-hydrogen) atoms. The van der Waals surface area contributed by atoms with Crippen LogP contribution in [0.5, 0.6) is 0 Å². The van der Waals surface area contributed by atoms with Gasteiger partial charge in [0, 0.05) is 23.3 Å². The minimum atomic E-state index is -4.45. The van der Waals surface area contributed by atoms with E-state index in [1.807, 2.05) is 0 Å². The number of allylic oxidation sites excluding steroid dienone is 2. The zero-order valence-electron chi connectivity index (χ0n) is 9.39. The summed E-state index contributed by atoms with van der Waals surface area (Å²) in [6.07, 6.45) is -1.84. The highest BCUT2D eigenvalue weighted by Gasteiger charge is 2.32. The molecule has 1 aromatic heterocycles. The first kappa shape index (κ1) is 13.2. The Morgan fingerprint density at radius 2 is 2.06 bits per heavy atom. The molecule has 0 radical (unpaired) electrons. The second-order valence-electron chi connectivity index (χ2n) is 3.56. The van der Waals surface area contributed by atoms with Gasteiger partial charge < -0.3 is 10.7 Å². The third-order valence-corrected chi connectivity index (χ3v) is 1.82. The van der Waals surface area contributed by atoms with E-state index in [0.29, 0.717) is 17.1 Å². The van der Waals surface area contributed by atoms with E-state index in [4.69, 9.17) is 5.41 Å². The average molecular weight is 243 g/mol. The Bertz CT molecular complexity index is 450. The summed E-state index contributed by atoms with van der Waals surface area (Å²) in [6.45, 7) is 3.25. The van der Waals surface area contributed by atoms with Crippen LogP contribution in [-0.4, -0.2) is 10.7 Å². The van der Waals surface area contributed by atoms with E-state index in [-0.39, 0.29) is 0 Å². The van der Waals surface area contributed by atoms with Gasteiger partial charge in [0.25, 0.3) is 0 Å². The number of alkyl halides is 3. The highest BCUT2D eigenvalue weighted by molar-refractivity contribution is 5.90. The summed E-state index contributed by atoms with van der Waals surface area (Å²) in [7, 11) is 0.